The number of nitrogens with zero attached hydrogens (tertiary/aromatic N) is 1. The molecule has 2 aromatic rings. The number of likely N-dealkylation sites (N-methyl/N-ethyl adjacent to an activating group) is 1. The van der Waals surface area contributed by atoms with Gasteiger partial charge in [-0.3, -0.25) is 4.79 Å². The predicted octanol–water partition coefficient (Wildman–Crippen LogP) is 2.70. The van der Waals surface area contributed by atoms with Gasteiger partial charge < -0.3 is 21.1 Å². The van der Waals surface area contributed by atoms with Crippen molar-refractivity contribution in [3.05, 3.63) is 47.5 Å². The summed E-state index contributed by atoms with van der Waals surface area (Å²) in [5, 5.41) is 12.6. The Kier molecular flexibility index (Phi) is 4.55. The maximum atomic E-state index is 12.0. The van der Waals surface area contributed by atoms with Crippen molar-refractivity contribution in [3.8, 4) is 5.75 Å². The summed E-state index contributed by atoms with van der Waals surface area (Å²) in [6.45, 7) is 0.129. The van der Waals surface area contributed by atoms with Crippen LogP contribution in [-0.4, -0.2) is 24.6 Å². The van der Waals surface area contributed by atoms with Crippen LogP contribution in [0.4, 0.5) is 17.1 Å². The minimum Gasteiger partial charge on any atom is -0.508 e. The molecule has 0 aliphatic heterocycles. The van der Waals surface area contributed by atoms with E-state index in [0.29, 0.717) is 16.4 Å². The van der Waals surface area contributed by atoms with E-state index in [-0.39, 0.29) is 18.2 Å². The quantitative estimate of drug-likeness (QED) is 0.759. The van der Waals surface area contributed by atoms with Crippen molar-refractivity contribution in [1.29, 1.82) is 0 Å². The summed E-state index contributed by atoms with van der Waals surface area (Å²) in [5.74, 6) is -0.0612. The number of nitrogens with one attached hydrogen (secondary N) is 1. The van der Waals surface area contributed by atoms with E-state index in [0.717, 1.165) is 5.69 Å². The molecule has 0 radical (unpaired) electrons. The lowest BCUT2D eigenvalue weighted by Gasteiger charge is -2.19. The molecule has 4 N–H and O–H groups in total. The third kappa shape index (κ3) is 4.03. The summed E-state index contributed by atoms with van der Waals surface area (Å²) >= 11 is 6.01. The first kappa shape index (κ1) is 15.0. The Bertz CT molecular complexity index is 661. The van der Waals surface area contributed by atoms with E-state index in [1.807, 2.05) is 6.07 Å². The second kappa shape index (κ2) is 6.37. The van der Waals surface area contributed by atoms with Gasteiger partial charge in [0.25, 0.3) is 0 Å². The Balaban J connectivity index is 2.01. The van der Waals surface area contributed by atoms with Gasteiger partial charge >= 0.3 is 0 Å². The second-order valence-electron chi connectivity index (χ2n) is 4.66. The van der Waals surface area contributed by atoms with Gasteiger partial charge in [-0.15, -0.1) is 0 Å². The number of hydrogen-bond donors (Lipinski definition) is 3. The zero-order valence-electron chi connectivity index (χ0n) is 11.5. The van der Waals surface area contributed by atoms with Crippen molar-refractivity contribution in [1.82, 2.24) is 0 Å². The summed E-state index contributed by atoms with van der Waals surface area (Å²) in [4.78, 5) is 13.7. The smallest absolute Gasteiger partial charge is 0.243 e. The molecule has 0 bridgehead atoms. The van der Waals surface area contributed by atoms with Crippen LogP contribution in [0.5, 0.6) is 5.75 Å². The van der Waals surface area contributed by atoms with Crippen molar-refractivity contribution < 1.29 is 9.90 Å². The molecule has 0 aromatic heterocycles. The number of rotatable bonds is 4. The SMILES string of the molecule is CN(CC(=O)Nc1ccc(N)cc1Cl)c1cccc(O)c1. The maximum absolute atomic E-state index is 12.0. The van der Waals surface area contributed by atoms with Crippen LogP contribution in [0.1, 0.15) is 0 Å². The molecule has 5 nitrogen and oxygen atoms in total. The Labute approximate surface area is 127 Å². The fourth-order valence-electron chi connectivity index (χ4n) is 1.86. The van der Waals surface area contributed by atoms with Crippen LogP contribution >= 0.6 is 11.6 Å². The Hall–Kier alpha value is -2.40. The number of hydrogen-bond acceptors (Lipinski definition) is 4. The van der Waals surface area contributed by atoms with Gasteiger partial charge in [0.15, 0.2) is 0 Å². The van der Waals surface area contributed by atoms with Crippen LogP contribution in [0, 0.1) is 0 Å². The lowest BCUT2D eigenvalue weighted by molar-refractivity contribution is -0.114. The molecule has 110 valence electrons. The number of nitrogen functional groups attached to an aromatic ring is 1. The van der Waals surface area contributed by atoms with E-state index in [4.69, 9.17) is 17.3 Å². The van der Waals surface area contributed by atoms with E-state index >= 15 is 0 Å². The zero-order chi connectivity index (χ0) is 15.4. The topological polar surface area (TPSA) is 78.6 Å². The minimum atomic E-state index is -0.215. The molecular formula is C15H16ClN3O2. The molecule has 0 fully saturated rings. The third-order valence-electron chi connectivity index (χ3n) is 2.92. The van der Waals surface area contributed by atoms with Crippen LogP contribution in [0.3, 0.4) is 0 Å². The number of amides is 1. The molecule has 2 aromatic carbocycles. The fraction of sp³-hybridized carbons (Fsp3) is 0.133. The summed E-state index contributed by atoms with van der Waals surface area (Å²) in [6.07, 6.45) is 0. The van der Waals surface area contributed by atoms with Crippen molar-refractivity contribution in [3.63, 3.8) is 0 Å². The summed E-state index contributed by atoms with van der Waals surface area (Å²) in [5.41, 5.74) is 7.40. The molecule has 0 aliphatic rings. The van der Waals surface area contributed by atoms with Crippen LogP contribution < -0.4 is 16.0 Å². The molecule has 0 atom stereocenters. The fourth-order valence-corrected chi connectivity index (χ4v) is 2.10. The van der Waals surface area contributed by atoms with Crippen LogP contribution in [0.25, 0.3) is 0 Å². The van der Waals surface area contributed by atoms with E-state index in [9.17, 15) is 9.90 Å². The standard InChI is InChI=1S/C15H16ClN3O2/c1-19(11-3-2-4-12(20)8-11)9-15(21)18-14-6-5-10(17)7-13(14)16/h2-8,20H,9,17H2,1H3,(H,18,21). The zero-order valence-corrected chi connectivity index (χ0v) is 12.3. The summed E-state index contributed by atoms with van der Waals surface area (Å²) < 4.78 is 0. The number of nitrogens with two attached hydrogens (primary N) is 1. The highest BCUT2D eigenvalue weighted by atomic mass is 35.5. The molecule has 6 heteroatoms. The van der Waals surface area contributed by atoms with Crippen LogP contribution in [-0.2, 0) is 4.79 Å². The number of halogens is 1. The van der Waals surface area contributed by atoms with Gasteiger partial charge in [-0.05, 0) is 30.3 Å². The molecule has 0 heterocycles. The number of carbonyl (C=O) groups excluding carboxylic acids is 1. The average molecular weight is 306 g/mol. The Morgan fingerprint density at radius 1 is 1.33 bits per heavy atom. The van der Waals surface area contributed by atoms with E-state index in [1.54, 1.807) is 48.3 Å². The number of anilines is 3. The molecule has 0 aliphatic carbocycles. The third-order valence-corrected chi connectivity index (χ3v) is 3.23. The molecule has 2 rings (SSSR count). The lowest BCUT2D eigenvalue weighted by Crippen LogP contribution is -2.30. The normalized spacial score (nSPS) is 10.2. The van der Waals surface area contributed by atoms with Crippen molar-refractivity contribution in [2.24, 2.45) is 0 Å². The van der Waals surface area contributed by atoms with Gasteiger partial charge in [-0.1, -0.05) is 17.7 Å². The highest BCUT2D eigenvalue weighted by Crippen LogP contribution is 2.24. The maximum Gasteiger partial charge on any atom is 0.243 e. The molecule has 0 saturated carbocycles. The average Bonchev–Trinajstić information content (AvgIpc) is 2.42. The predicted molar refractivity (Wildman–Crippen MR) is 85.9 cm³/mol. The molecule has 0 unspecified atom stereocenters. The summed E-state index contributed by atoms with van der Waals surface area (Å²) in [7, 11) is 1.76. The largest absolute Gasteiger partial charge is 0.508 e. The highest BCUT2D eigenvalue weighted by molar-refractivity contribution is 6.34. The van der Waals surface area contributed by atoms with Crippen LogP contribution in [0.2, 0.25) is 5.02 Å². The van der Waals surface area contributed by atoms with Gasteiger partial charge in [0, 0.05) is 24.5 Å². The van der Waals surface area contributed by atoms with Gasteiger partial charge in [0.2, 0.25) is 5.91 Å². The number of aromatic hydroxyl groups is 1. The molecule has 21 heavy (non-hydrogen) atoms. The molecular weight excluding hydrogens is 290 g/mol. The van der Waals surface area contributed by atoms with E-state index in [2.05, 4.69) is 5.32 Å². The first-order chi connectivity index (χ1) is 9.95. The van der Waals surface area contributed by atoms with E-state index in [1.165, 1.54) is 0 Å². The summed E-state index contributed by atoms with van der Waals surface area (Å²) in [6, 6.07) is 11.6. The van der Waals surface area contributed by atoms with Crippen molar-refractivity contribution >= 4 is 34.6 Å². The van der Waals surface area contributed by atoms with E-state index < -0.39 is 0 Å². The lowest BCUT2D eigenvalue weighted by atomic mass is 10.2. The second-order valence-corrected chi connectivity index (χ2v) is 5.07. The van der Waals surface area contributed by atoms with Crippen molar-refractivity contribution in [2.75, 3.05) is 29.5 Å². The molecule has 1 amide bonds. The number of phenolic OH excluding ortho intramolecular Hbond substituents is 1. The number of carbonyl (C=O) groups is 1. The monoisotopic (exact) mass is 305 g/mol. The van der Waals surface area contributed by atoms with Gasteiger partial charge in [0.05, 0.1) is 17.3 Å². The first-order valence-electron chi connectivity index (χ1n) is 6.31. The van der Waals surface area contributed by atoms with Gasteiger partial charge in [0.1, 0.15) is 5.75 Å². The van der Waals surface area contributed by atoms with Gasteiger partial charge in [-0.25, -0.2) is 0 Å². The Morgan fingerprint density at radius 2 is 2.10 bits per heavy atom. The Morgan fingerprint density at radius 3 is 2.76 bits per heavy atom. The highest BCUT2D eigenvalue weighted by Gasteiger charge is 2.10. The first-order valence-corrected chi connectivity index (χ1v) is 6.68. The minimum absolute atomic E-state index is 0.129. The molecule has 0 saturated heterocycles. The number of phenols is 1. The van der Waals surface area contributed by atoms with Crippen molar-refractivity contribution in [2.45, 2.75) is 0 Å². The van der Waals surface area contributed by atoms with Crippen LogP contribution in [0.15, 0.2) is 42.5 Å². The molecule has 0 spiro atoms. The van der Waals surface area contributed by atoms with Gasteiger partial charge in [-0.2, -0.15) is 0 Å². The number of benzene rings is 2.